The predicted octanol–water partition coefficient (Wildman–Crippen LogP) is 2.88. The van der Waals surface area contributed by atoms with E-state index in [1.54, 1.807) is 0 Å². The van der Waals surface area contributed by atoms with Crippen molar-refractivity contribution in [2.75, 3.05) is 0 Å². The Kier molecular flexibility index (Phi) is 3.30. The summed E-state index contributed by atoms with van der Waals surface area (Å²) in [6.07, 6.45) is -9.04. The summed E-state index contributed by atoms with van der Waals surface area (Å²) in [5, 5.41) is 8.44. The number of carboxylic acids is 1. The van der Waals surface area contributed by atoms with E-state index in [9.17, 15) is 31.1 Å². The van der Waals surface area contributed by atoms with Crippen LogP contribution in [0.2, 0.25) is 0 Å². The molecule has 1 N–H and O–H groups in total. The lowest BCUT2D eigenvalue weighted by Crippen LogP contribution is -2.19. The van der Waals surface area contributed by atoms with Gasteiger partial charge in [-0.05, 0) is 0 Å². The van der Waals surface area contributed by atoms with Crippen LogP contribution in [0.25, 0.3) is 0 Å². The summed E-state index contributed by atoms with van der Waals surface area (Å²) in [6, 6.07) is 0. The first-order chi connectivity index (χ1) is 7.66. The van der Waals surface area contributed by atoms with Crippen molar-refractivity contribution in [1.82, 2.24) is 4.98 Å². The second-order valence-corrected chi connectivity index (χ2v) is 2.85. The summed E-state index contributed by atoms with van der Waals surface area (Å²) in [5.74, 6) is -4.12. The van der Waals surface area contributed by atoms with E-state index in [1.807, 2.05) is 0 Å². The van der Waals surface area contributed by atoms with Gasteiger partial charge in [0.05, 0.1) is 11.8 Å². The molecule has 3 nitrogen and oxygen atoms in total. The van der Waals surface area contributed by atoms with Crippen molar-refractivity contribution in [2.24, 2.45) is 0 Å². The van der Waals surface area contributed by atoms with Crippen molar-refractivity contribution >= 4 is 5.97 Å². The molecule has 1 rings (SSSR count). The molecular weight excluding hydrogens is 256 g/mol. The van der Waals surface area contributed by atoms with Gasteiger partial charge < -0.3 is 5.11 Å². The first-order valence-corrected chi connectivity index (χ1v) is 3.93. The first kappa shape index (κ1) is 13.3. The number of hydrogen-bond acceptors (Lipinski definition) is 2. The third-order valence-electron chi connectivity index (χ3n) is 1.77. The van der Waals surface area contributed by atoms with E-state index in [0.29, 0.717) is 0 Å². The summed E-state index contributed by atoms with van der Waals surface area (Å²) in [4.78, 5) is 13.0. The number of carboxylic acid groups (broad SMARTS) is 1. The van der Waals surface area contributed by atoms with Crippen LogP contribution in [0.5, 0.6) is 0 Å². The van der Waals surface area contributed by atoms with Crippen LogP contribution in [0, 0.1) is 5.82 Å². The quantitative estimate of drug-likeness (QED) is 0.831. The fourth-order valence-electron chi connectivity index (χ4n) is 1.15. The largest absolute Gasteiger partial charge is 0.478 e. The highest BCUT2D eigenvalue weighted by molar-refractivity contribution is 5.91. The van der Waals surface area contributed by atoms with Gasteiger partial charge in [-0.2, -0.15) is 13.2 Å². The van der Waals surface area contributed by atoms with Crippen LogP contribution in [0.3, 0.4) is 0 Å². The Morgan fingerprint density at radius 3 is 2.24 bits per heavy atom. The van der Waals surface area contributed by atoms with Crippen LogP contribution in [0.15, 0.2) is 6.20 Å². The van der Waals surface area contributed by atoms with Crippen LogP contribution in [0.4, 0.5) is 26.3 Å². The van der Waals surface area contributed by atoms with E-state index in [-0.39, 0.29) is 6.20 Å². The van der Waals surface area contributed by atoms with Crippen molar-refractivity contribution in [3.05, 3.63) is 28.8 Å². The molecular formula is C8H3F6NO2. The Labute approximate surface area is 89.7 Å². The Morgan fingerprint density at radius 2 is 1.88 bits per heavy atom. The smallest absolute Gasteiger partial charge is 0.434 e. The average molecular weight is 259 g/mol. The summed E-state index contributed by atoms with van der Waals surface area (Å²) in [7, 11) is 0. The van der Waals surface area contributed by atoms with Crippen molar-refractivity contribution < 1.29 is 36.2 Å². The zero-order chi connectivity index (χ0) is 13.4. The molecule has 0 aromatic carbocycles. The van der Waals surface area contributed by atoms with Gasteiger partial charge >= 0.3 is 12.1 Å². The first-order valence-electron chi connectivity index (χ1n) is 3.93. The Bertz CT molecular complexity index is 456. The van der Waals surface area contributed by atoms with Crippen LogP contribution >= 0.6 is 0 Å². The minimum absolute atomic E-state index is 0.0866. The molecule has 0 radical (unpaired) electrons. The minimum atomic E-state index is -5.26. The molecule has 0 bridgehead atoms. The Balaban J connectivity index is 3.66. The molecule has 0 amide bonds. The zero-order valence-electron chi connectivity index (χ0n) is 7.73. The number of hydrogen-bond donors (Lipinski definition) is 1. The lowest BCUT2D eigenvalue weighted by Gasteiger charge is -2.13. The summed E-state index contributed by atoms with van der Waals surface area (Å²) in [6.45, 7) is 0. The highest BCUT2D eigenvalue weighted by Gasteiger charge is 2.41. The second-order valence-electron chi connectivity index (χ2n) is 2.85. The average Bonchev–Trinajstić information content (AvgIpc) is 2.14. The topological polar surface area (TPSA) is 50.2 Å². The number of rotatable bonds is 2. The van der Waals surface area contributed by atoms with Gasteiger partial charge in [-0.25, -0.2) is 22.9 Å². The normalized spacial score (nSPS) is 11.9. The molecule has 0 saturated heterocycles. The summed E-state index contributed by atoms with van der Waals surface area (Å²) in [5.41, 5.74) is -5.74. The molecule has 0 atom stereocenters. The number of alkyl halides is 5. The molecule has 0 aliphatic heterocycles. The molecule has 0 spiro atoms. The maximum Gasteiger partial charge on any atom is 0.434 e. The standard InChI is InChI=1S/C8H3F6NO2/c9-2-1-15-5(8(12,13)14)4(7(16)17)3(2)6(10)11/h1,6H,(H,16,17). The van der Waals surface area contributed by atoms with E-state index < -0.39 is 41.2 Å². The van der Waals surface area contributed by atoms with Crippen LogP contribution < -0.4 is 0 Å². The van der Waals surface area contributed by atoms with Crippen LogP contribution in [-0.4, -0.2) is 16.1 Å². The monoisotopic (exact) mass is 259 g/mol. The SMILES string of the molecule is O=C(O)c1c(C(F)(F)F)ncc(F)c1C(F)F. The van der Waals surface area contributed by atoms with E-state index in [1.165, 1.54) is 0 Å². The van der Waals surface area contributed by atoms with E-state index in [2.05, 4.69) is 4.98 Å². The third-order valence-corrected chi connectivity index (χ3v) is 1.77. The molecule has 0 saturated carbocycles. The molecule has 94 valence electrons. The molecule has 0 fully saturated rings. The third kappa shape index (κ3) is 2.48. The molecule has 17 heavy (non-hydrogen) atoms. The van der Waals surface area contributed by atoms with Gasteiger partial charge in [-0.15, -0.1) is 0 Å². The number of halogens is 6. The second kappa shape index (κ2) is 4.22. The van der Waals surface area contributed by atoms with E-state index >= 15 is 0 Å². The highest BCUT2D eigenvalue weighted by Crippen LogP contribution is 2.35. The maximum absolute atomic E-state index is 12.9. The molecule has 0 unspecified atom stereocenters. The van der Waals surface area contributed by atoms with Gasteiger partial charge in [-0.1, -0.05) is 0 Å². The minimum Gasteiger partial charge on any atom is -0.478 e. The predicted molar refractivity (Wildman–Crippen MR) is 41.1 cm³/mol. The number of nitrogens with zero attached hydrogens (tertiary/aromatic N) is 1. The zero-order valence-corrected chi connectivity index (χ0v) is 7.73. The molecule has 9 heteroatoms. The van der Waals surface area contributed by atoms with Gasteiger partial charge in [-0.3, -0.25) is 0 Å². The molecule has 1 aromatic heterocycles. The van der Waals surface area contributed by atoms with Crippen LogP contribution in [0.1, 0.15) is 28.0 Å². The number of aromatic carboxylic acids is 1. The highest BCUT2D eigenvalue weighted by atomic mass is 19.4. The Morgan fingerprint density at radius 1 is 1.35 bits per heavy atom. The number of aromatic nitrogens is 1. The fourth-order valence-corrected chi connectivity index (χ4v) is 1.15. The maximum atomic E-state index is 12.9. The summed E-state index contributed by atoms with van der Waals surface area (Å²) >= 11 is 0. The van der Waals surface area contributed by atoms with E-state index in [0.717, 1.165) is 0 Å². The fraction of sp³-hybridized carbons (Fsp3) is 0.250. The van der Waals surface area contributed by atoms with Gasteiger partial charge in [0.15, 0.2) is 11.5 Å². The van der Waals surface area contributed by atoms with Gasteiger partial charge in [0.2, 0.25) is 0 Å². The molecule has 0 aliphatic carbocycles. The molecule has 1 aromatic rings. The Hall–Kier alpha value is -1.80. The van der Waals surface area contributed by atoms with Crippen molar-refractivity contribution in [1.29, 1.82) is 0 Å². The number of pyridine rings is 1. The molecule has 1 heterocycles. The van der Waals surface area contributed by atoms with Crippen molar-refractivity contribution in [3.8, 4) is 0 Å². The van der Waals surface area contributed by atoms with Crippen molar-refractivity contribution in [2.45, 2.75) is 12.6 Å². The lowest BCUT2D eigenvalue weighted by molar-refractivity contribution is -0.141. The van der Waals surface area contributed by atoms with Gasteiger partial charge in [0.25, 0.3) is 6.43 Å². The van der Waals surface area contributed by atoms with Gasteiger partial charge in [0.1, 0.15) is 5.56 Å². The number of carbonyl (C=O) groups is 1. The van der Waals surface area contributed by atoms with Gasteiger partial charge in [0, 0.05) is 0 Å². The lowest BCUT2D eigenvalue weighted by atomic mass is 10.1. The van der Waals surface area contributed by atoms with Crippen LogP contribution in [-0.2, 0) is 6.18 Å². The molecule has 0 aliphatic rings. The van der Waals surface area contributed by atoms with E-state index in [4.69, 9.17) is 5.11 Å². The van der Waals surface area contributed by atoms with Crippen molar-refractivity contribution in [3.63, 3.8) is 0 Å². The summed E-state index contributed by atoms with van der Waals surface area (Å²) < 4.78 is 74.4.